The third kappa shape index (κ3) is 16.6. The molecule has 0 heterocycles. The third-order valence-electron chi connectivity index (χ3n) is 10.8. The van der Waals surface area contributed by atoms with Crippen LogP contribution in [0.25, 0.3) is 0 Å². The van der Waals surface area contributed by atoms with Crippen LogP contribution in [0.1, 0.15) is 96.7 Å². The zero-order valence-electron chi connectivity index (χ0n) is 41.0. The largest absolute Gasteiger partial charge is 0.488 e. The molecule has 0 spiro atoms. The number of ether oxygens (including phenoxy) is 4. The normalized spacial score (nSPS) is 13.9. The number of nitrogens with one attached hydrogen (secondary N) is 1. The van der Waals surface area contributed by atoms with Crippen molar-refractivity contribution in [1.82, 2.24) is 4.72 Å². The number of alkyl halides is 8. The lowest BCUT2D eigenvalue weighted by Crippen LogP contribution is -2.50. The molecule has 0 radical (unpaired) electrons. The van der Waals surface area contributed by atoms with Crippen LogP contribution in [0.15, 0.2) is 133 Å². The van der Waals surface area contributed by atoms with Crippen molar-refractivity contribution in [1.29, 1.82) is 0 Å². The zero-order valence-corrected chi connectivity index (χ0v) is 41.8. The summed E-state index contributed by atoms with van der Waals surface area (Å²) in [5.74, 6) is -5.45. The van der Waals surface area contributed by atoms with Crippen LogP contribution in [-0.2, 0) is 34.9 Å². The molecule has 6 rings (SSSR count). The summed E-state index contributed by atoms with van der Waals surface area (Å²) >= 11 is 0. The Bertz CT molecular complexity index is 2840. The van der Waals surface area contributed by atoms with Gasteiger partial charge in [0.2, 0.25) is 0 Å². The summed E-state index contributed by atoms with van der Waals surface area (Å²) < 4.78 is 200. The van der Waals surface area contributed by atoms with Gasteiger partial charge in [0.25, 0.3) is 0 Å². The molecule has 0 saturated heterocycles. The minimum absolute atomic E-state index is 0. The highest BCUT2D eigenvalue weighted by molar-refractivity contribution is 7.84. The van der Waals surface area contributed by atoms with Gasteiger partial charge >= 0.3 is 25.1 Å². The number of hydrogen-bond donors (Lipinski definition) is 2. The number of nitrogens with two attached hydrogens (primary N) is 1. The van der Waals surface area contributed by atoms with Crippen molar-refractivity contribution >= 4 is 11.0 Å². The highest BCUT2D eigenvalue weighted by Gasteiger charge is 2.46. The zero-order chi connectivity index (χ0) is 55.0. The summed E-state index contributed by atoms with van der Waals surface area (Å²) in [5.41, 5.74) is 4.80. The summed E-state index contributed by atoms with van der Waals surface area (Å²) in [6.45, 7) is 11.9. The van der Waals surface area contributed by atoms with E-state index < -0.39 is 86.6 Å². The fourth-order valence-corrected chi connectivity index (χ4v) is 8.35. The van der Waals surface area contributed by atoms with E-state index in [1.165, 1.54) is 24.3 Å². The average Bonchev–Trinajstić information content (AvgIpc) is 3.29. The molecule has 0 fully saturated rings. The van der Waals surface area contributed by atoms with E-state index in [-0.39, 0.29) is 73.7 Å². The highest BCUT2D eigenvalue weighted by Crippen LogP contribution is 2.41. The molecule has 0 unspecified atom stereocenters. The van der Waals surface area contributed by atoms with Crippen LogP contribution in [0.3, 0.4) is 0 Å². The monoisotopic (exact) mass is 1100 g/mol. The van der Waals surface area contributed by atoms with Gasteiger partial charge in [0.05, 0.1) is 39.0 Å². The molecule has 6 aromatic rings. The van der Waals surface area contributed by atoms with Crippen LogP contribution in [0, 0.1) is 23.3 Å². The van der Waals surface area contributed by atoms with Gasteiger partial charge in [-0.3, -0.25) is 0 Å². The first-order valence-corrected chi connectivity index (χ1v) is 23.9. The van der Waals surface area contributed by atoms with Gasteiger partial charge < -0.3 is 24.7 Å². The summed E-state index contributed by atoms with van der Waals surface area (Å²) in [7, 11) is -1.88. The Hall–Kier alpha value is -6.25. The minimum atomic E-state index is -4.91. The molecule has 0 saturated carbocycles. The summed E-state index contributed by atoms with van der Waals surface area (Å²) in [6.07, 6.45) is -18.8. The van der Waals surface area contributed by atoms with Gasteiger partial charge in [-0.25, -0.2) is 26.5 Å². The minimum Gasteiger partial charge on any atom is -0.488 e. The van der Waals surface area contributed by atoms with E-state index in [2.05, 4.69) is 14.2 Å². The van der Waals surface area contributed by atoms with E-state index in [9.17, 15) is 52.5 Å². The van der Waals surface area contributed by atoms with Crippen molar-refractivity contribution in [3.63, 3.8) is 0 Å². The van der Waals surface area contributed by atoms with Crippen LogP contribution in [0.5, 0.6) is 23.0 Å². The predicted octanol–water partition coefficient (Wildman–Crippen LogP) is 15.2. The van der Waals surface area contributed by atoms with Crippen molar-refractivity contribution in [2.75, 3.05) is 0 Å². The van der Waals surface area contributed by atoms with Crippen LogP contribution in [0.2, 0.25) is 0 Å². The van der Waals surface area contributed by atoms with Crippen LogP contribution >= 0.6 is 0 Å². The lowest BCUT2D eigenvalue weighted by Gasteiger charge is -2.38. The number of rotatable bonds is 20. The molecular formula is C56H62F12N2O5S. The first-order valence-electron chi connectivity index (χ1n) is 22.8. The van der Waals surface area contributed by atoms with E-state index in [0.29, 0.717) is 23.3 Å². The summed E-state index contributed by atoms with van der Waals surface area (Å²) in [5, 5.41) is 0. The molecule has 0 aliphatic rings. The lowest BCUT2D eigenvalue weighted by molar-refractivity contribution is -0.253. The van der Waals surface area contributed by atoms with Gasteiger partial charge in [0.15, 0.2) is 23.1 Å². The number of benzene rings is 6. The number of halogens is 12. The van der Waals surface area contributed by atoms with E-state index in [1.54, 1.807) is 109 Å². The molecule has 3 N–H and O–H groups in total. The second-order valence-electron chi connectivity index (χ2n) is 18.6. The van der Waals surface area contributed by atoms with Crippen molar-refractivity contribution in [2.45, 2.75) is 129 Å². The Labute approximate surface area is 438 Å². The Morgan fingerprint density at radius 1 is 0.526 bits per heavy atom. The van der Waals surface area contributed by atoms with E-state index >= 15 is 4.39 Å². The van der Waals surface area contributed by atoms with Crippen molar-refractivity contribution in [3.05, 3.63) is 190 Å². The molecule has 0 aromatic heterocycles. The van der Waals surface area contributed by atoms with Crippen molar-refractivity contribution < 1.29 is 75.8 Å². The molecule has 0 aliphatic heterocycles. The predicted molar refractivity (Wildman–Crippen MR) is 271 cm³/mol. The maximum absolute atomic E-state index is 15.3. The Morgan fingerprint density at radius 3 is 1.33 bits per heavy atom. The molecule has 76 heavy (non-hydrogen) atoms. The molecule has 416 valence electrons. The molecule has 7 nitrogen and oxygen atoms in total. The Morgan fingerprint density at radius 2 is 0.921 bits per heavy atom. The van der Waals surface area contributed by atoms with Gasteiger partial charge in [-0.05, 0) is 143 Å². The standard InChI is InChI=1S/C29H31F6NO3S.C25H23F6NO2.2CH4/c1-18(2)38-25-12-11-20(15-24(25)31)28(36-40(37)27(3,4)5,17-19-9-7-6-8-10-19)21-13-22(30)16-23(14-21)39-29(34,35)26(32)33;1-15(2)33-22-9-8-17(12-21(22)27)24(32,14-16-6-4-3-5-7-16)18-10-19(26)13-20(11-18)34-25(30,31)23(28)29;;/h6-16,18,26,36H,17H2,1-5H3;3-13,15,23H,14,32H2,1-2H3;2*1H4/t28-,40-;24-;;/m11../s1. The average molecular weight is 1100 g/mol. The summed E-state index contributed by atoms with van der Waals surface area (Å²) in [6, 6.07) is 30.2. The molecular weight excluding hydrogens is 1040 g/mol. The fourth-order valence-electron chi connectivity index (χ4n) is 7.42. The molecule has 3 atom stereocenters. The van der Waals surface area contributed by atoms with E-state index in [1.807, 2.05) is 0 Å². The van der Waals surface area contributed by atoms with E-state index in [4.69, 9.17) is 15.2 Å². The van der Waals surface area contributed by atoms with Gasteiger partial charge in [0, 0.05) is 12.1 Å². The molecule has 0 bridgehead atoms. The van der Waals surface area contributed by atoms with E-state index in [0.717, 1.165) is 36.4 Å². The molecule has 6 aromatic carbocycles. The quantitative estimate of drug-likeness (QED) is 0.0740. The van der Waals surface area contributed by atoms with Crippen LogP contribution in [-0.4, -0.2) is 46.2 Å². The van der Waals surface area contributed by atoms with Crippen molar-refractivity contribution in [2.24, 2.45) is 5.73 Å². The second kappa shape index (κ2) is 26.2. The lowest BCUT2D eigenvalue weighted by atomic mass is 9.78. The maximum atomic E-state index is 15.3. The Kier molecular flexibility index (Phi) is 22.1. The van der Waals surface area contributed by atoms with Gasteiger partial charge in [0.1, 0.15) is 23.1 Å². The first kappa shape index (κ1) is 64.0. The maximum Gasteiger partial charge on any atom is 0.461 e. The first-order chi connectivity index (χ1) is 34.4. The van der Waals surface area contributed by atoms with Gasteiger partial charge in [-0.1, -0.05) is 87.6 Å². The SMILES string of the molecule is C.C.CC(C)Oc1ccc([C@@](Cc2ccccc2)(N[S@](=O)C(C)(C)C)c2cc(F)cc(OC(F)(F)C(F)F)c2)cc1F.CC(C)Oc1ccc([C@](N)(Cc2ccccc2)c2cc(F)cc(OC(F)(F)C(F)F)c2)cc1F. The Balaban J connectivity index is 0.000000395. The number of hydrogen-bond acceptors (Lipinski definition) is 6. The molecule has 0 aliphatic carbocycles. The van der Waals surface area contributed by atoms with Crippen molar-refractivity contribution in [3.8, 4) is 23.0 Å². The molecule has 0 amide bonds. The second-order valence-corrected chi connectivity index (χ2v) is 20.6. The van der Waals surface area contributed by atoms with Crippen LogP contribution in [0.4, 0.5) is 52.7 Å². The molecule has 20 heteroatoms. The summed E-state index contributed by atoms with van der Waals surface area (Å²) in [4.78, 5) is 0. The third-order valence-corrected chi connectivity index (χ3v) is 12.5. The van der Waals surface area contributed by atoms with Gasteiger partial charge in [-0.2, -0.15) is 35.1 Å². The van der Waals surface area contributed by atoms with Gasteiger partial charge in [-0.15, -0.1) is 0 Å². The fraction of sp³-hybridized carbons (Fsp3) is 0.357. The smallest absolute Gasteiger partial charge is 0.461 e. The highest BCUT2D eigenvalue weighted by atomic mass is 32.2. The topological polar surface area (TPSA) is 92.0 Å². The van der Waals surface area contributed by atoms with Crippen LogP contribution < -0.4 is 29.4 Å².